The van der Waals surface area contributed by atoms with E-state index in [0.29, 0.717) is 12.2 Å². The average Bonchev–Trinajstić information content (AvgIpc) is 3.25. The number of aromatic hydroxyl groups is 1. The molecule has 98 valence electrons. The van der Waals surface area contributed by atoms with E-state index in [-0.39, 0.29) is 5.75 Å². The van der Waals surface area contributed by atoms with Crippen LogP contribution in [0.3, 0.4) is 0 Å². The summed E-state index contributed by atoms with van der Waals surface area (Å²) < 4.78 is 15.1. The fraction of sp³-hybridized carbons (Fsp3) is 0.429. The van der Waals surface area contributed by atoms with Crippen LogP contribution in [0.25, 0.3) is 6.08 Å². The first-order chi connectivity index (χ1) is 8.79. The largest absolute Gasteiger partial charge is 0.507 e. The third kappa shape index (κ3) is 4.87. The zero-order valence-electron chi connectivity index (χ0n) is 10.2. The van der Waals surface area contributed by atoms with Crippen molar-refractivity contribution in [1.29, 1.82) is 0 Å². The Bertz CT molecular complexity index is 371. The van der Waals surface area contributed by atoms with E-state index in [0.717, 1.165) is 32.0 Å². The molecule has 1 N–H and O–H groups in total. The smallest absolute Gasteiger partial charge is 0.122 e. The molecule has 4 heteroatoms. The van der Waals surface area contributed by atoms with E-state index in [2.05, 4.69) is 6.58 Å². The van der Waals surface area contributed by atoms with Crippen LogP contribution < -0.4 is 0 Å². The molecule has 0 bridgehead atoms. The van der Waals surface area contributed by atoms with Gasteiger partial charge < -0.3 is 19.3 Å². The van der Waals surface area contributed by atoms with Crippen molar-refractivity contribution < 1.29 is 19.3 Å². The zero-order valence-corrected chi connectivity index (χ0v) is 10.2. The lowest BCUT2D eigenvalue weighted by molar-refractivity contribution is 0.102. The highest BCUT2D eigenvalue weighted by Crippen LogP contribution is 2.15. The van der Waals surface area contributed by atoms with E-state index < -0.39 is 0 Å². The van der Waals surface area contributed by atoms with Crippen molar-refractivity contribution in [3.8, 4) is 5.75 Å². The van der Waals surface area contributed by atoms with Crippen molar-refractivity contribution in [3.05, 3.63) is 36.4 Å². The number of benzene rings is 1. The first-order valence-corrected chi connectivity index (χ1v) is 6.01. The van der Waals surface area contributed by atoms with Gasteiger partial charge in [0.05, 0.1) is 26.4 Å². The molecule has 2 fully saturated rings. The van der Waals surface area contributed by atoms with Gasteiger partial charge >= 0.3 is 0 Å². The summed E-state index contributed by atoms with van der Waals surface area (Å²) >= 11 is 0. The van der Waals surface area contributed by atoms with Gasteiger partial charge in [0.2, 0.25) is 0 Å². The van der Waals surface area contributed by atoms with E-state index in [1.807, 2.05) is 12.1 Å². The maximum Gasteiger partial charge on any atom is 0.122 e. The lowest BCUT2D eigenvalue weighted by Crippen LogP contribution is -2.06. The quantitative estimate of drug-likeness (QED) is 0.810. The molecule has 4 nitrogen and oxygen atoms in total. The van der Waals surface area contributed by atoms with Crippen LogP contribution in [0, 0.1) is 0 Å². The van der Waals surface area contributed by atoms with Gasteiger partial charge in [-0.25, -0.2) is 0 Å². The molecule has 0 aliphatic carbocycles. The topological polar surface area (TPSA) is 54.5 Å². The number of phenolic OH excluding ortho intramolecular Hbond substituents is 1. The molecule has 2 atom stereocenters. The van der Waals surface area contributed by atoms with E-state index in [9.17, 15) is 0 Å². The lowest BCUT2D eigenvalue weighted by Gasteiger charge is -1.95. The van der Waals surface area contributed by atoms with Crippen LogP contribution in [0.5, 0.6) is 5.75 Å². The molecule has 2 aliphatic rings. The van der Waals surface area contributed by atoms with Crippen LogP contribution >= 0.6 is 0 Å². The molecular weight excluding hydrogens is 232 g/mol. The van der Waals surface area contributed by atoms with Crippen LogP contribution in [0.15, 0.2) is 30.8 Å². The molecule has 2 aliphatic heterocycles. The predicted molar refractivity (Wildman–Crippen MR) is 68.5 cm³/mol. The van der Waals surface area contributed by atoms with Gasteiger partial charge in [0.15, 0.2) is 0 Å². The van der Waals surface area contributed by atoms with Crippen LogP contribution in [-0.2, 0) is 14.2 Å². The fourth-order valence-corrected chi connectivity index (χ4v) is 1.32. The van der Waals surface area contributed by atoms with Crippen molar-refractivity contribution in [2.45, 2.75) is 12.2 Å². The van der Waals surface area contributed by atoms with Crippen molar-refractivity contribution in [2.75, 3.05) is 26.4 Å². The minimum absolute atomic E-state index is 0.285. The van der Waals surface area contributed by atoms with Crippen molar-refractivity contribution in [2.24, 2.45) is 0 Å². The molecule has 1 aromatic carbocycles. The van der Waals surface area contributed by atoms with E-state index >= 15 is 0 Å². The summed E-state index contributed by atoms with van der Waals surface area (Å²) in [7, 11) is 0. The van der Waals surface area contributed by atoms with Crippen LogP contribution in [0.1, 0.15) is 5.56 Å². The number of para-hydroxylation sites is 1. The van der Waals surface area contributed by atoms with Gasteiger partial charge in [0.25, 0.3) is 0 Å². The van der Waals surface area contributed by atoms with Crippen molar-refractivity contribution in [3.63, 3.8) is 0 Å². The number of hydrogen-bond acceptors (Lipinski definition) is 4. The molecule has 1 aromatic rings. The Morgan fingerprint density at radius 3 is 2.17 bits per heavy atom. The Labute approximate surface area is 107 Å². The van der Waals surface area contributed by atoms with Gasteiger partial charge in [-0.2, -0.15) is 0 Å². The summed E-state index contributed by atoms with van der Waals surface area (Å²) in [6.07, 6.45) is 2.41. The molecule has 0 aromatic heterocycles. The number of ether oxygens (including phenoxy) is 3. The Hall–Kier alpha value is -1.36. The summed E-state index contributed by atoms with van der Waals surface area (Å²) in [5, 5.41) is 9.04. The molecule has 2 saturated heterocycles. The molecule has 0 amide bonds. The van der Waals surface area contributed by atoms with Crippen LogP contribution in [-0.4, -0.2) is 43.7 Å². The van der Waals surface area contributed by atoms with Crippen LogP contribution in [0.2, 0.25) is 0 Å². The number of phenols is 1. The molecule has 3 rings (SSSR count). The summed E-state index contributed by atoms with van der Waals surface area (Å²) in [6, 6.07) is 7.08. The van der Waals surface area contributed by atoms with Crippen molar-refractivity contribution >= 4 is 6.08 Å². The summed E-state index contributed by atoms with van der Waals surface area (Å²) in [5.41, 5.74) is 0.775. The lowest BCUT2D eigenvalue weighted by atomic mass is 10.2. The Balaban J connectivity index is 0.000000134. The van der Waals surface area contributed by atoms with E-state index in [4.69, 9.17) is 19.3 Å². The standard InChI is InChI=1S/C8H8O.C6H10O3/c1-2-7-5-3-4-6-8(7)9;1(5-3-8-5)7-2-6-4-9-6/h2-6,9H,1H2;5-6H,1-4H2. The summed E-state index contributed by atoms with van der Waals surface area (Å²) in [4.78, 5) is 0. The summed E-state index contributed by atoms with van der Waals surface area (Å²) in [5.74, 6) is 0.285. The second-order valence-corrected chi connectivity index (χ2v) is 4.21. The maximum atomic E-state index is 9.04. The Kier molecular flexibility index (Phi) is 4.75. The summed E-state index contributed by atoms with van der Waals surface area (Å²) in [6.45, 7) is 6.79. The highest BCUT2D eigenvalue weighted by atomic mass is 16.6. The molecule has 2 unspecified atom stereocenters. The normalized spacial score (nSPS) is 23.8. The van der Waals surface area contributed by atoms with Gasteiger partial charge in [0, 0.05) is 5.56 Å². The third-order valence-corrected chi connectivity index (χ3v) is 2.57. The first kappa shape index (κ1) is 13.1. The van der Waals surface area contributed by atoms with E-state index in [1.165, 1.54) is 0 Å². The van der Waals surface area contributed by atoms with Gasteiger partial charge in [-0.3, -0.25) is 0 Å². The number of rotatable bonds is 5. The van der Waals surface area contributed by atoms with Gasteiger partial charge in [-0.15, -0.1) is 0 Å². The predicted octanol–water partition coefficient (Wildman–Crippen LogP) is 1.84. The number of epoxide rings is 2. The first-order valence-electron chi connectivity index (χ1n) is 6.01. The molecule has 0 radical (unpaired) electrons. The fourth-order valence-electron chi connectivity index (χ4n) is 1.32. The average molecular weight is 250 g/mol. The SMILES string of the molecule is C(OCC1CO1)C1CO1.C=Cc1ccccc1O. The highest BCUT2D eigenvalue weighted by molar-refractivity contribution is 5.54. The highest BCUT2D eigenvalue weighted by Gasteiger charge is 2.26. The maximum absolute atomic E-state index is 9.04. The second-order valence-electron chi connectivity index (χ2n) is 4.21. The molecule has 2 heterocycles. The monoisotopic (exact) mass is 250 g/mol. The molecule has 0 spiro atoms. The van der Waals surface area contributed by atoms with Gasteiger partial charge in [0.1, 0.15) is 18.0 Å². The Morgan fingerprint density at radius 1 is 1.22 bits per heavy atom. The molecule has 18 heavy (non-hydrogen) atoms. The van der Waals surface area contributed by atoms with Crippen molar-refractivity contribution in [1.82, 2.24) is 0 Å². The minimum atomic E-state index is 0.285. The van der Waals surface area contributed by atoms with Crippen LogP contribution in [0.4, 0.5) is 0 Å². The molecule has 0 saturated carbocycles. The second kappa shape index (κ2) is 6.54. The number of hydrogen-bond donors (Lipinski definition) is 1. The molecular formula is C14H18O4. The third-order valence-electron chi connectivity index (χ3n) is 2.57. The Morgan fingerprint density at radius 2 is 1.78 bits per heavy atom. The van der Waals surface area contributed by atoms with Gasteiger partial charge in [-0.05, 0) is 6.07 Å². The van der Waals surface area contributed by atoms with E-state index in [1.54, 1.807) is 18.2 Å². The zero-order chi connectivity index (χ0) is 12.8. The minimum Gasteiger partial charge on any atom is -0.507 e. The van der Waals surface area contributed by atoms with Gasteiger partial charge in [-0.1, -0.05) is 30.9 Å².